The van der Waals surface area contributed by atoms with E-state index in [1.54, 1.807) is 38.5 Å². The number of hydrogen-bond acceptors (Lipinski definition) is 7. The SMILES string of the molecule is CCOC(=O)Cn1c(C(=O)OCC)nc(Cc2ccco2)c1Cc1ccco1. The molecule has 28 heavy (non-hydrogen) atoms. The first-order chi connectivity index (χ1) is 13.6. The van der Waals surface area contributed by atoms with Crippen LogP contribution in [-0.4, -0.2) is 34.7 Å². The molecular weight excluding hydrogens is 364 g/mol. The molecule has 0 amide bonds. The van der Waals surface area contributed by atoms with Gasteiger partial charge in [0.25, 0.3) is 0 Å². The summed E-state index contributed by atoms with van der Waals surface area (Å²) in [5.41, 5.74) is 1.28. The van der Waals surface area contributed by atoms with Crippen molar-refractivity contribution in [3.05, 3.63) is 65.5 Å². The molecule has 0 aromatic carbocycles. The summed E-state index contributed by atoms with van der Waals surface area (Å²) < 4.78 is 22.6. The van der Waals surface area contributed by atoms with Crippen LogP contribution in [0.4, 0.5) is 0 Å². The van der Waals surface area contributed by atoms with Crippen LogP contribution in [0.3, 0.4) is 0 Å². The van der Waals surface area contributed by atoms with E-state index in [-0.39, 0.29) is 25.6 Å². The van der Waals surface area contributed by atoms with Crippen LogP contribution >= 0.6 is 0 Å². The van der Waals surface area contributed by atoms with Crippen LogP contribution in [0.25, 0.3) is 0 Å². The monoisotopic (exact) mass is 386 g/mol. The summed E-state index contributed by atoms with van der Waals surface area (Å²) >= 11 is 0. The maximum atomic E-state index is 12.5. The van der Waals surface area contributed by atoms with Crippen LogP contribution in [-0.2, 0) is 33.7 Å². The highest BCUT2D eigenvalue weighted by atomic mass is 16.5. The van der Waals surface area contributed by atoms with Gasteiger partial charge in [0.1, 0.15) is 18.1 Å². The summed E-state index contributed by atoms with van der Waals surface area (Å²) in [4.78, 5) is 29.1. The van der Waals surface area contributed by atoms with Gasteiger partial charge in [-0.05, 0) is 38.1 Å². The molecule has 0 fully saturated rings. The van der Waals surface area contributed by atoms with Crippen molar-refractivity contribution in [2.75, 3.05) is 13.2 Å². The van der Waals surface area contributed by atoms with E-state index < -0.39 is 11.9 Å². The molecule has 3 rings (SSSR count). The summed E-state index contributed by atoms with van der Waals surface area (Å²) in [6, 6.07) is 7.21. The molecule has 0 aliphatic rings. The van der Waals surface area contributed by atoms with Gasteiger partial charge in [-0.1, -0.05) is 0 Å². The molecule has 3 heterocycles. The van der Waals surface area contributed by atoms with Crippen molar-refractivity contribution >= 4 is 11.9 Å². The Morgan fingerprint density at radius 3 is 2.21 bits per heavy atom. The molecule has 3 aromatic heterocycles. The molecule has 3 aromatic rings. The van der Waals surface area contributed by atoms with Crippen molar-refractivity contribution in [1.82, 2.24) is 9.55 Å². The molecule has 0 atom stereocenters. The number of esters is 2. The van der Waals surface area contributed by atoms with E-state index in [9.17, 15) is 9.59 Å². The zero-order chi connectivity index (χ0) is 19.9. The fraction of sp³-hybridized carbons (Fsp3) is 0.350. The normalized spacial score (nSPS) is 10.8. The molecule has 0 bridgehead atoms. The lowest BCUT2D eigenvalue weighted by Gasteiger charge is -2.11. The van der Waals surface area contributed by atoms with E-state index >= 15 is 0 Å². The quantitative estimate of drug-likeness (QED) is 0.522. The second-order valence-corrected chi connectivity index (χ2v) is 5.95. The number of furan rings is 2. The van der Waals surface area contributed by atoms with Crippen molar-refractivity contribution in [2.45, 2.75) is 33.2 Å². The van der Waals surface area contributed by atoms with Crippen molar-refractivity contribution in [2.24, 2.45) is 0 Å². The maximum absolute atomic E-state index is 12.5. The molecule has 0 aliphatic carbocycles. The standard InChI is InChI=1S/C20H22N2O6/c1-3-25-18(23)13-22-17(12-15-8-6-10-28-15)16(11-14-7-5-9-27-14)21-19(22)20(24)26-4-2/h5-10H,3-4,11-13H2,1-2H3. The summed E-state index contributed by atoms with van der Waals surface area (Å²) in [5, 5.41) is 0. The average Bonchev–Trinajstić information content (AvgIpc) is 3.41. The van der Waals surface area contributed by atoms with Gasteiger partial charge in [0, 0.05) is 18.5 Å². The topological polar surface area (TPSA) is 96.7 Å². The second kappa shape index (κ2) is 9.07. The number of ether oxygens (including phenoxy) is 2. The summed E-state index contributed by atoms with van der Waals surface area (Å²) in [7, 11) is 0. The van der Waals surface area contributed by atoms with Crippen molar-refractivity contribution in [1.29, 1.82) is 0 Å². The predicted molar refractivity (Wildman–Crippen MR) is 97.8 cm³/mol. The zero-order valence-electron chi connectivity index (χ0n) is 15.8. The Bertz CT molecular complexity index is 909. The number of carbonyl (C=O) groups excluding carboxylic acids is 2. The van der Waals surface area contributed by atoms with Crippen LogP contribution in [0.2, 0.25) is 0 Å². The van der Waals surface area contributed by atoms with Gasteiger partial charge in [0.05, 0.1) is 31.4 Å². The van der Waals surface area contributed by atoms with Crippen LogP contribution in [0.1, 0.15) is 47.4 Å². The highest BCUT2D eigenvalue weighted by Crippen LogP contribution is 2.21. The average molecular weight is 386 g/mol. The fourth-order valence-electron chi connectivity index (χ4n) is 2.89. The van der Waals surface area contributed by atoms with Crippen LogP contribution in [0.5, 0.6) is 0 Å². The highest BCUT2D eigenvalue weighted by Gasteiger charge is 2.26. The molecule has 0 radical (unpaired) electrons. The van der Waals surface area contributed by atoms with Crippen LogP contribution in [0, 0.1) is 0 Å². The second-order valence-electron chi connectivity index (χ2n) is 5.95. The molecule has 0 unspecified atom stereocenters. The third-order valence-corrected chi connectivity index (χ3v) is 4.05. The molecule has 0 N–H and O–H groups in total. The third kappa shape index (κ3) is 4.51. The van der Waals surface area contributed by atoms with Crippen molar-refractivity contribution in [3.63, 3.8) is 0 Å². The zero-order valence-corrected chi connectivity index (χ0v) is 15.8. The van der Waals surface area contributed by atoms with Gasteiger partial charge in [-0.15, -0.1) is 0 Å². The maximum Gasteiger partial charge on any atom is 0.374 e. The number of hydrogen-bond donors (Lipinski definition) is 0. The van der Waals surface area contributed by atoms with Gasteiger partial charge in [0.2, 0.25) is 5.82 Å². The molecule has 0 aliphatic heterocycles. The lowest BCUT2D eigenvalue weighted by atomic mass is 10.1. The Hall–Kier alpha value is -3.29. The number of imidazole rings is 1. The Balaban J connectivity index is 2.05. The fourth-order valence-corrected chi connectivity index (χ4v) is 2.89. The first-order valence-corrected chi connectivity index (χ1v) is 9.08. The molecule has 0 saturated carbocycles. The van der Waals surface area contributed by atoms with Gasteiger partial charge in [-0.25, -0.2) is 9.78 Å². The number of aromatic nitrogens is 2. The summed E-state index contributed by atoms with van der Waals surface area (Å²) in [6.07, 6.45) is 3.86. The number of rotatable bonds is 9. The first-order valence-electron chi connectivity index (χ1n) is 9.08. The highest BCUT2D eigenvalue weighted by molar-refractivity contribution is 5.86. The lowest BCUT2D eigenvalue weighted by molar-refractivity contribution is -0.143. The molecule has 148 valence electrons. The number of nitrogens with zero attached hydrogens (tertiary/aromatic N) is 2. The van der Waals surface area contributed by atoms with Gasteiger partial charge >= 0.3 is 11.9 Å². The van der Waals surface area contributed by atoms with Gasteiger partial charge in [0.15, 0.2) is 0 Å². The predicted octanol–water partition coefficient (Wildman–Crippen LogP) is 2.99. The molecule has 8 nitrogen and oxygen atoms in total. The van der Waals surface area contributed by atoms with Gasteiger partial charge < -0.3 is 22.9 Å². The first kappa shape index (κ1) is 19.5. The van der Waals surface area contributed by atoms with E-state index in [0.29, 0.717) is 35.7 Å². The lowest BCUT2D eigenvalue weighted by Crippen LogP contribution is -2.21. The van der Waals surface area contributed by atoms with E-state index in [4.69, 9.17) is 18.3 Å². The van der Waals surface area contributed by atoms with E-state index in [1.807, 2.05) is 12.1 Å². The summed E-state index contributed by atoms with van der Waals surface area (Å²) in [6.45, 7) is 3.73. The van der Waals surface area contributed by atoms with Crippen LogP contribution in [0.15, 0.2) is 45.6 Å². The van der Waals surface area contributed by atoms with E-state index in [0.717, 1.165) is 0 Å². The Morgan fingerprint density at radius 1 is 1.00 bits per heavy atom. The third-order valence-electron chi connectivity index (χ3n) is 4.05. The van der Waals surface area contributed by atoms with Crippen molar-refractivity contribution in [3.8, 4) is 0 Å². The van der Waals surface area contributed by atoms with Crippen LogP contribution < -0.4 is 0 Å². The largest absolute Gasteiger partial charge is 0.469 e. The Labute approximate surface area is 162 Å². The molecular formula is C20H22N2O6. The minimum atomic E-state index is -0.599. The van der Waals surface area contributed by atoms with E-state index in [2.05, 4.69) is 4.98 Å². The Kier molecular flexibility index (Phi) is 6.31. The molecule has 0 spiro atoms. The van der Waals surface area contributed by atoms with Gasteiger partial charge in [-0.3, -0.25) is 4.79 Å². The smallest absolute Gasteiger partial charge is 0.374 e. The minimum Gasteiger partial charge on any atom is -0.469 e. The van der Waals surface area contributed by atoms with Gasteiger partial charge in [-0.2, -0.15) is 0 Å². The summed E-state index contributed by atoms with van der Waals surface area (Å²) in [5.74, 6) is 0.366. The Morgan fingerprint density at radius 2 is 1.64 bits per heavy atom. The molecule has 8 heteroatoms. The minimum absolute atomic E-state index is 0.0537. The number of carbonyl (C=O) groups is 2. The van der Waals surface area contributed by atoms with E-state index in [1.165, 1.54) is 4.57 Å². The molecule has 0 saturated heterocycles. The van der Waals surface area contributed by atoms with Crippen molar-refractivity contribution < 1.29 is 27.9 Å².